The summed E-state index contributed by atoms with van der Waals surface area (Å²) >= 11 is 0. The number of carboxylic acids is 1. The Kier molecular flexibility index (Phi) is 4.22. The minimum absolute atomic E-state index is 0.0120. The molecule has 0 saturated carbocycles. The van der Waals surface area contributed by atoms with E-state index in [0.29, 0.717) is 32.7 Å². The molecule has 0 aromatic heterocycles. The van der Waals surface area contributed by atoms with Crippen molar-refractivity contribution in [3.8, 4) is 0 Å². The van der Waals surface area contributed by atoms with Crippen molar-refractivity contribution in [2.45, 2.75) is 32.7 Å². The molecule has 2 aliphatic heterocycles. The lowest BCUT2D eigenvalue weighted by atomic mass is 9.76. The van der Waals surface area contributed by atoms with Crippen LogP contribution in [0.15, 0.2) is 0 Å². The van der Waals surface area contributed by atoms with Gasteiger partial charge < -0.3 is 19.6 Å². The highest BCUT2D eigenvalue weighted by Crippen LogP contribution is 2.38. The number of aliphatic carboxylic acids is 1. The Morgan fingerprint density at radius 1 is 1.45 bits per heavy atom. The number of carboxylic acid groups (broad SMARTS) is 1. The number of hydrogen-bond donors (Lipinski definition) is 1. The molecule has 0 aliphatic carbocycles. The lowest BCUT2D eigenvalue weighted by Crippen LogP contribution is -2.47. The maximum Gasteiger partial charge on any atom is 0.320 e. The Morgan fingerprint density at radius 2 is 2.15 bits per heavy atom. The van der Waals surface area contributed by atoms with Crippen molar-refractivity contribution in [3.05, 3.63) is 0 Å². The van der Waals surface area contributed by atoms with Crippen LogP contribution in [-0.2, 0) is 9.53 Å². The fourth-order valence-electron chi connectivity index (χ4n) is 3.10. The molecule has 2 rings (SSSR count). The molecule has 20 heavy (non-hydrogen) atoms. The van der Waals surface area contributed by atoms with Crippen LogP contribution in [-0.4, -0.2) is 66.3 Å². The van der Waals surface area contributed by atoms with E-state index in [4.69, 9.17) is 4.74 Å². The summed E-state index contributed by atoms with van der Waals surface area (Å²) in [5.74, 6) is -0.785. The van der Waals surface area contributed by atoms with E-state index in [9.17, 15) is 14.7 Å². The second kappa shape index (κ2) is 5.60. The fraction of sp³-hybridized carbons (Fsp3) is 0.857. The predicted molar refractivity (Wildman–Crippen MR) is 73.5 cm³/mol. The van der Waals surface area contributed by atoms with E-state index >= 15 is 0 Å². The monoisotopic (exact) mass is 284 g/mol. The van der Waals surface area contributed by atoms with Gasteiger partial charge in [0.2, 0.25) is 0 Å². The summed E-state index contributed by atoms with van der Waals surface area (Å²) in [6.45, 7) is 5.91. The number of likely N-dealkylation sites (N-methyl/N-ethyl adjacent to an activating group) is 1. The van der Waals surface area contributed by atoms with Gasteiger partial charge in [-0.25, -0.2) is 4.79 Å². The van der Waals surface area contributed by atoms with Crippen LogP contribution in [0.4, 0.5) is 4.79 Å². The molecular weight excluding hydrogens is 260 g/mol. The summed E-state index contributed by atoms with van der Waals surface area (Å²) in [5.41, 5.74) is -0.803. The largest absolute Gasteiger partial charge is 0.481 e. The zero-order chi connectivity index (χ0) is 14.9. The van der Waals surface area contributed by atoms with Crippen molar-refractivity contribution in [1.82, 2.24) is 9.80 Å². The smallest absolute Gasteiger partial charge is 0.320 e. The molecule has 0 aromatic carbocycles. The first-order valence-electron chi connectivity index (χ1n) is 7.21. The van der Waals surface area contributed by atoms with Crippen molar-refractivity contribution in [2.24, 2.45) is 11.3 Å². The van der Waals surface area contributed by atoms with Gasteiger partial charge in [0.1, 0.15) is 0 Å². The van der Waals surface area contributed by atoms with E-state index in [2.05, 4.69) is 0 Å². The van der Waals surface area contributed by atoms with Crippen LogP contribution in [0.1, 0.15) is 26.7 Å². The van der Waals surface area contributed by atoms with Gasteiger partial charge in [-0.1, -0.05) is 13.8 Å². The van der Waals surface area contributed by atoms with E-state index in [1.165, 1.54) is 0 Å². The summed E-state index contributed by atoms with van der Waals surface area (Å²) < 4.78 is 5.30. The van der Waals surface area contributed by atoms with E-state index in [1.54, 1.807) is 16.8 Å². The van der Waals surface area contributed by atoms with E-state index in [0.717, 1.165) is 6.42 Å². The molecule has 2 amide bonds. The number of likely N-dealkylation sites (tertiary alicyclic amines) is 1. The third-order valence-electron chi connectivity index (χ3n) is 4.86. The van der Waals surface area contributed by atoms with Gasteiger partial charge in [-0.05, 0) is 18.8 Å². The first-order chi connectivity index (χ1) is 9.38. The molecule has 2 saturated heterocycles. The summed E-state index contributed by atoms with van der Waals surface area (Å²) in [6.07, 6.45) is 1.38. The summed E-state index contributed by atoms with van der Waals surface area (Å²) in [4.78, 5) is 27.4. The van der Waals surface area contributed by atoms with Crippen molar-refractivity contribution in [1.29, 1.82) is 0 Å². The van der Waals surface area contributed by atoms with Gasteiger partial charge in [0.15, 0.2) is 0 Å². The first kappa shape index (κ1) is 15.1. The number of carbonyl (C=O) groups excluding carboxylic acids is 1. The predicted octanol–water partition coefficient (Wildman–Crippen LogP) is 1.26. The highest BCUT2D eigenvalue weighted by molar-refractivity contribution is 5.80. The fourth-order valence-corrected chi connectivity index (χ4v) is 3.10. The van der Waals surface area contributed by atoms with E-state index in [1.807, 2.05) is 13.8 Å². The summed E-state index contributed by atoms with van der Waals surface area (Å²) in [5, 5.41) is 9.51. The molecule has 2 aliphatic rings. The average molecular weight is 284 g/mol. The highest BCUT2D eigenvalue weighted by atomic mass is 16.5. The lowest BCUT2D eigenvalue weighted by Gasteiger charge is -2.31. The van der Waals surface area contributed by atoms with Crippen LogP contribution in [0, 0.1) is 11.3 Å². The van der Waals surface area contributed by atoms with Gasteiger partial charge in [0.05, 0.1) is 18.1 Å². The molecule has 0 spiro atoms. The minimum atomic E-state index is -0.803. The van der Waals surface area contributed by atoms with Crippen LogP contribution in [0.5, 0.6) is 0 Å². The molecule has 1 N–H and O–H groups in total. The molecule has 2 fully saturated rings. The summed E-state index contributed by atoms with van der Waals surface area (Å²) in [6, 6.07) is 0.0330. The lowest BCUT2D eigenvalue weighted by molar-refractivity contribution is -0.150. The standard InChI is InChI=1S/C14H24N2O4/c1-10(2)14(12(17)18)5-6-16(9-14)13(19)15(3)11-4-7-20-8-11/h10-11H,4-9H2,1-3H3,(H,17,18). The zero-order valence-electron chi connectivity index (χ0n) is 12.5. The number of rotatable bonds is 3. The number of hydrogen-bond acceptors (Lipinski definition) is 3. The van der Waals surface area contributed by atoms with Gasteiger partial charge in [-0.3, -0.25) is 4.79 Å². The maximum absolute atomic E-state index is 12.5. The van der Waals surface area contributed by atoms with Gasteiger partial charge in [0, 0.05) is 26.7 Å². The SMILES string of the molecule is CC(C)C1(C(=O)O)CCN(C(=O)N(C)C2CCOC2)C1. The Balaban J connectivity index is 2.04. The molecule has 0 aromatic rings. The molecule has 2 unspecified atom stereocenters. The average Bonchev–Trinajstić information content (AvgIpc) is 3.06. The van der Waals surface area contributed by atoms with E-state index in [-0.39, 0.29) is 18.0 Å². The number of nitrogens with zero attached hydrogens (tertiary/aromatic N) is 2. The Labute approximate surface area is 119 Å². The van der Waals surface area contributed by atoms with Crippen molar-refractivity contribution in [3.63, 3.8) is 0 Å². The van der Waals surface area contributed by atoms with Crippen LogP contribution in [0.25, 0.3) is 0 Å². The molecule has 2 heterocycles. The van der Waals surface area contributed by atoms with Crippen LogP contribution < -0.4 is 0 Å². The Hall–Kier alpha value is -1.30. The van der Waals surface area contributed by atoms with Crippen molar-refractivity contribution in [2.75, 3.05) is 33.4 Å². The molecule has 2 atom stereocenters. The Bertz CT molecular complexity index is 393. The van der Waals surface area contributed by atoms with Crippen molar-refractivity contribution >= 4 is 12.0 Å². The number of amides is 2. The van der Waals surface area contributed by atoms with Gasteiger partial charge in [-0.15, -0.1) is 0 Å². The van der Waals surface area contributed by atoms with Crippen LogP contribution in [0.2, 0.25) is 0 Å². The second-order valence-electron chi connectivity index (χ2n) is 6.20. The molecule has 6 nitrogen and oxygen atoms in total. The third kappa shape index (κ3) is 2.49. The second-order valence-corrected chi connectivity index (χ2v) is 6.20. The summed E-state index contributed by atoms with van der Waals surface area (Å²) in [7, 11) is 1.78. The van der Waals surface area contributed by atoms with E-state index < -0.39 is 11.4 Å². The van der Waals surface area contributed by atoms with Crippen LogP contribution >= 0.6 is 0 Å². The third-order valence-corrected chi connectivity index (χ3v) is 4.86. The molecule has 6 heteroatoms. The quantitative estimate of drug-likeness (QED) is 0.847. The van der Waals surface area contributed by atoms with Crippen LogP contribution in [0.3, 0.4) is 0 Å². The molecule has 114 valence electrons. The number of urea groups is 1. The molecular formula is C14H24N2O4. The number of carbonyl (C=O) groups is 2. The molecule has 0 bridgehead atoms. The van der Waals surface area contributed by atoms with Gasteiger partial charge in [-0.2, -0.15) is 0 Å². The zero-order valence-corrected chi connectivity index (χ0v) is 12.5. The number of ether oxygens (including phenoxy) is 1. The van der Waals surface area contributed by atoms with Gasteiger partial charge >= 0.3 is 12.0 Å². The normalized spacial score (nSPS) is 30.0. The first-order valence-corrected chi connectivity index (χ1v) is 7.21. The van der Waals surface area contributed by atoms with Gasteiger partial charge in [0.25, 0.3) is 0 Å². The maximum atomic E-state index is 12.5. The topological polar surface area (TPSA) is 70.1 Å². The molecule has 0 radical (unpaired) electrons. The van der Waals surface area contributed by atoms with Crippen molar-refractivity contribution < 1.29 is 19.4 Å². The Morgan fingerprint density at radius 3 is 2.60 bits per heavy atom. The highest BCUT2D eigenvalue weighted by Gasteiger charge is 2.49. The minimum Gasteiger partial charge on any atom is -0.481 e.